The molecular weight excluding hydrogens is 262 g/mol. The summed E-state index contributed by atoms with van der Waals surface area (Å²) in [6.45, 7) is 12.1. The molecule has 0 aliphatic heterocycles. The minimum atomic E-state index is 0.000496. The molecule has 0 spiro atoms. The van der Waals surface area contributed by atoms with E-state index in [9.17, 15) is 4.79 Å². The summed E-state index contributed by atoms with van der Waals surface area (Å²) in [6.07, 6.45) is 7.83. The van der Waals surface area contributed by atoms with Crippen LogP contribution in [0.15, 0.2) is 17.2 Å². The highest BCUT2D eigenvalue weighted by molar-refractivity contribution is 5.32. The van der Waals surface area contributed by atoms with Gasteiger partial charge in [0.1, 0.15) is 0 Å². The third-order valence-corrected chi connectivity index (χ3v) is 4.27. The lowest BCUT2D eigenvalue weighted by Crippen LogP contribution is -2.41. The van der Waals surface area contributed by atoms with E-state index in [0.29, 0.717) is 22.7 Å². The predicted molar refractivity (Wildman–Crippen MR) is 87.6 cm³/mol. The molecule has 1 fully saturated rings. The van der Waals surface area contributed by atoms with Crippen LogP contribution in [0.1, 0.15) is 60.3 Å². The number of rotatable bonds is 4. The first-order chi connectivity index (χ1) is 9.72. The summed E-state index contributed by atoms with van der Waals surface area (Å²) >= 11 is 0. The first-order valence-electron chi connectivity index (χ1n) is 8.04. The van der Waals surface area contributed by atoms with Crippen LogP contribution in [0.3, 0.4) is 0 Å². The van der Waals surface area contributed by atoms with Crippen LogP contribution in [-0.2, 0) is 6.54 Å². The summed E-state index contributed by atoms with van der Waals surface area (Å²) < 4.78 is 1.74. The van der Waals surface area contributed by atoms with Gasteiger partial charge in [0.25, 0.3) is 5.56 Å². The first-order valence-corrected chi connectivity index (χ1v) is 8.04. The van der Waals surface area contributed by atoms with E-state index < -0.39 is 0 Å². The Bertz CT molecular complexity index is 529. The Labute approximate surface area is 128 Å². The van der Waals surface area contributed by atoms with E-state index in [1.165, 1.54) is 6.42 Å². The molecule has 1 aromatic heterocycles. The van der Waals surface area contributed by atoms with E-state index in [0.717, 1.165) is 25.8 Å². The second-order valence-corrected chi connectivity index (χ2v) is 8.03. The molecule has 1 aliphatic carbocycles. The number of hydrogen-bond donors (Lipinski definition) is 1. The molecule has 0 aromatic carbocycles. The normalized spacial score (nSPS) is 21.2. The van der Waals surface area contributed by atoms with Crippen LogP contribution < -0.4 is 10.9 Å². The van der Waals surface area contributed by atoms with Crippen LogP contribution >= 0.6 is 0 Å². The highest BCUT2D eigenvalue weighted by atomic mass is 16.1. The number of nitrogens with zero attached hydrogens (tertiary/aromatic N) is 2. The molecule has 1 heterocycles. The predicted octanol–water partition coefficient (Wildman–Crippen LogP) is 3.67. The van der Waals surface area contributed by atoms with Gasteiger partial charge in [-0.25, -0.2) is 4.98 Å². The van der Waals surface area contributed by atoms with Crippen LogP contribution in [0, 0.1) is 10.8 Å². The standard InChI is InChI=1S/C17H29N3O/c1-6-8-20-9-7-18-14(15(20)21)19-13-10-16(2,3)12-17(4,5)11-13/h7,9,13H,6,8,10-12H2,1-5H3,(H,18,19). The second kappa shape index (κ2) is 5.82. The topological polar surface area (TPSA) is 46.9 Å². The Morgan fingerprint density at radius 1 is 1.29 bits per heavy atom. The first kappa shape index (κ1) is 16.1. The number of hydrogen-bond acceptors (Lipinski definition) is 3. The molecule has 0 radical (unpaired) electrons. The Balaban J connectivity index is 2.18. The largest absolute Gasteiger partial charge is 0.363 e. The number of nitrogens with one attached hydrogen (secondary N) is 1. The van der Waals surface area contributed by atoms with Gasteiger partial charge < -0.3 is 9.88 Å². The monoisotopic (exact) mass is 291 g/mol. The van der Waals surface area contributed by atoms with Crippen molar-refractivity contribution in [1.82, 2.24) is 9.55 Å². The zero-order chi connectivity index (χ0) is 15.7. The van der Waals surface area contributed by atoms with Gasteiger partial charge in [-0.05, 0) is 36.5 Å². The Morgan fingerprint density at radius 2 is 1.90 bits per heavy atom. The zero-order valence-electron chi connectivity index (χ0n) is 14.1. The van der Waals surface area contributed by atoms with Gasteiger partial charge in [0.05, 0.1) is 0 Å². The third kappa shape index (κ3) is 4.08. The Morgan fingerprint density at radius 3 is 2.48 bits per heavy atom. The quantitative estimate of drug-likeness (QED) is 0.920. The van der Waals surface area contributed by atoms with Gasteiger partial charge >= 0.3 is 0 Å². The van der Waals surface area contributed by atoms with Gasteiger partial charge in [-0.2, -0.15) is 0 Å². The lowest BCUT2D eigenvalue weighted by Gasteiger charge is -2.45. The van der Waals surface area contributed by atoms with E-state index in [1.54, 1.807) is 17.0 Å². The van der Waals surface area contributed by atoms with Crippen LogP contribution in [0.2, 0.25) is 0 Å². The fourth-order valence-electron chi connectivity index (χ4n) is 4.10. The third-order valence-electron chi connectivity index (χ3n) is 4.27. The van der Waals surface area contributed by atoms with Crippen molar-refractivity contribution in [2.75, 3.05) is 5.32 Å². The zero-order valence-corrected chi connectivity index (χ0v) is 14.1. The molecule has 0 bridgehead atoms. The molecule has 4 nitrogen and oxygen atoms in total. The summed E-state index contributed by atoms with van der Waals surface area (Å²) in [5.41, 5.74) is 0.605. The average molecular weight is 291 g/mol. The minimum Gasteiger partial charge on any atom is -0.363 e. The molecular formula is C17H29N3O. The number of aromatic nitrogens is 2. The lowest BCUT2D eigenvalue weighted by molar-refractivity contribution is 0.105. The molecule has 0 unspecified atom stereocenters. The van der Waals surface area contributed by atoms with Crippen LogP contribution in [0.5, 0.6) is 0 Å². The van der Waals surface area contributed by atoms with Gasteiger partial charge in [0, 0.05) is 25.0 Å². The van der Waals surface area contributed by atoms with Crippen molar-refractivity contribution in [3.8, 4) is 0 Å². The summed E-state index contributed by atoms with van der Waals surface area (Å²) in [4.78, 5) is 16.7. The molecule has 21 heavy (non-hydrogen) atoms. The lowest BCUT2D eigenvalue weighted by atomic mass is 9.63. The molecule has 1 aromatic rings. The molecule has 2 rings (SSSR count). The highest BCUT2D eigenvalue weighted by Crippen LogP contribution is 2.46. The van der Waals surface area contributed by atoms with Gasteiger partial charge in [-0.3, -0.25) is 4.79 Å². The maximum Gasteiger partial charge on any atom is 0.293 e. The van der Waals surface area contributed by atoms with Gasteiger partial charge in [0.15, 0.2) is 5.82 Å². The van der Waals surface area contributed by atoms with Crippen molar-refractivity contribution in [3.63, 3.8) is 0 Å². The Kier molecular flexibility index (Phi) is 4.45. The van der Waals surface area contributed by atoms with Crippen molar-refractivity contribution < 1.29 is 0 Å². The number of anilines is 1. The smallest absolute Gasteiger partial charge is 0.293 e. The van der Waals surface area contributed by atoms with Gasteiger partial charge in [-0.1, -0.05) is 34.6 Å². The van der Waals surface area contributed by atoms with E-state index in [1.807, 2.05) is 0 Å². The van der Waals surface area contributed by atoms with E-state index in [-0.39, 0.29) is 5.56 Å². The fraction of sp³-hybridized carbons (Fsp3) is 0.765. The summed E-state index contributed by atoms with van der Waals surface area (Å²) in [6, 6.07) is 0.321. The SMILES string of the molecule is CCCn1ccnc(NC2CC(C)(C)CC(C)(C)C2)c1=O. The van der Waals surface area contributed by atoms with Crippen molar-refractivity contribution in [3.05, 3.63) is 22.7 Å². The summed E-state index contributed by atoms with van der Waals surface area (Å²) in [7, 11) is 0. The van der Waals surface area contributed by atoms with E-state index in [2.05, 4.69) is 44.9 Å². The van der Waals surface area contributed by atoms with Crippen LogP contribution in [0.25, 0.3) is 0 Å². The minimum absolute atomic E-state index is 0.000496. The maximum atomic E-state index is 12.4. The molecule has 4 heteroatoms. The second-order valence-electron chi connectivity index (χ2n) is 8.03. The molecule has 1 saturated carbocycles. The van der Waals surface area contributed by atoms with Crippen molar-refractivity contribution in [2.45, 2.75) is 72.9 Å². The molecule has 1 aliphatic rings. The molecule has 0 atom stereocenters. The maximum absolute atomic E-state index is 12.4. The summed E-state index contributed by atoms with van der Waals surface area (Å²) in [5, 5.41) is 3.41. The summed E-state index contributed by atoms with van der Waals surface area (Å²) in [5.74, 6) is 0.504. The number of aryl methyl sites for hydroxylation is 1. The van der Waals surface area contributed by atoms with Gasteiger partial charge in [-0.15, -0.1) is 0 Å². The highest BCUT2D eigenvalue weighted by Gasteiger charge is 2.38. The van der Waals surface area contributed by atoms with Gasteiger partial charge in [0.2, 0.25) is 0 Å². The van der Waals surface area contributed by atoms with E-state index in [4.69, 9.17) is 0 Å². The van der Waals surface area contributed by atoms with Crippen molar-refractivity contribution in [1.29, 1.82) is 0 Å². The average Bonchev–Trinajstić information content (AvgIpc) is 2.30. The van der Waals surface area contributed by atoms with Crippen molar-refractivity contribution >= 4 is 5.82 Å². The Hall–Kier alpha value is -1.32. The molecule has 0 amide bonds. The van der Waals surface area contributed by atoms with Crippen LogP contribution in [0.4, 0.5) is 5.82 Å². The molecule has 1 N–H and O–H groups in total. The fourth-order valence-corrected chi connectivity index (χ4v) is 4.10. The molecule has 0 saturated heterocycles. The molecule has 118 valence electrons. The van der Waals surface area contributed by atoms with Crippen molar-refractivity contribution in [2.24, 2.45) is 10.8 Å². The van der Waals surface area contributed by atoms with Crippen LogP contribution in [-0.4, -0.2) is 15.6 Å². The van der Waals surface area contributed by atoms with E-state index >= 15 is 0 Å².